The van der Waals surface area contributed by atoms with Crippen molar-refractivity contribution in [2.24, 2.45) is 5.10 Å². The van der Waals surface area contributed by atoms with Crippen LogP contribution < -0.4 is 10.2 Å². The largest absolute Gasteiger partial charge is 0.457 e. The van der Waals surface area contributed by atoms with Crippen molar-refractivity contribution in [2.75, 3.05) is 0 Å². The lowest BCUT2D eigenvalue weighted by atomic mass is 10.2. The van der Waals surface area contributed by atoms with E-state index < -0.39 is 0 Å². The Kier molecular flexibility index (Phi) is 5.44. The zero-order valence-electron chi connectivity index (χ0n) is 13.2. The molecule has 0 radical (unpaired) electrons. The van der Waals surface area contributed by atoms with Gasteiger partial charge in [0, 0.05) is 10.6 Å². The molecular weight excluding hydrogens is 336 g/mol. The van der Waals surface area contributed by atoms with Crippen LogP contribution in [0, 0.1) is 0 Å². The van der Waals surface area contributed by atoms with E-state index in [0.29, 0.717) is 10.6 Å². The third kappa shape index (κ3) is 4.93. The second kappa shape index (κ2) is 8.13. The summed E-state index contributed by atoms with van der Waals surface area (Å²) in [6, 6.07) is 23.6. The molecule has 0 spiro atoms. The Hall–Kier alpha value is -3.11. The smallest absolute Gasteiger partial charge is 0.271 e. The van der Waals surface area contributed by atoms with E-state index in [4.69, 9.17) is 16.3 Å². The first kappa shape index (κ1) is 16.7. The van der Waals surface area contributed by atoms with Crippen LogP contribution in [0.1, 0.15) is 15.9 Å². The van der Waals surface area contributed by atoms with Crippen molar-refractivity contribution in [3.63, 3.8) is 0 Å². The summed E-state index contributed by atoms with van der Waals surface area (Å²) in [5, 5.41) is 4.46. The van der Waals surface area contributed by atoms with E-state index in [9.17, 15) is 4.79 Å². The second-order valence-corrected chi connectivity index (χ2v) is 5.63. The maximum atomic E-state index is 11.9. The minimum absolute atomic E-state index is 0.317. The van der Waals surface area contributed by atoms with Crippen molar-refractivity contribution in [1.29, 1.82) is 0 Å². The summed E-state index contributed by atoms with van der Waals surface area (Å²) in [7, 11) is 0. The molecule has 0 unspecified atom stereocenters. The summed E-state index contributed by atoms with van der Waals surface area (Å²) >= 11 is 5.86. The van der Waals surface area contributed by atoms with E-state index in [0.717, 1.165) is 17.1 Å². The zero-order valence-corrected chi connectivity index (χ0v) is 14.0. The maximum Gasteiger partial charge on any atom is 0.271 e. The molecular formula is C20H15ClN2O2. The number of nitrogens with one attached hydrogen (secondary N) is 1. The molecule has 0 aliphatic rings. The average Bonchev–Trinajstić information content (AvgIpc) is 2.64. The number of carbonyl (C=O) groups excluding carboxylic acids is 1. The van der Waals surface area contributed by atoms with E-state index in [-0.39, 0.29) is 5.91 Å². The molecule has 0 saturated heterocycles. The van der Waals surface area contributed by atoms with Gasteiger partial charge in [0.25, 0.3) is 5.91 Å². The van der Waals surface area contributed by atoms with Crippen molar-refractivity contribution in [3.05, 3.63) is 95.0 Å². The lowest BCUT2D eigenvalue weighted by Gasteiger charge is -2.05. The molecule has 4 nitrogen and oxygen atoms in total. The van der Waals surface area contributed by atoms with Gasteiger partial charge in [-0.15, -0.1) is 0 Å². The number of benzene rings is 3. The fraction of sp³-hybridized carbons (Fsp3) is 0. The Morgan fingerprint density at radius 2 is 1.64 bits per heavy atom. The van der Waals surface area contributed by atoms with Crippen molar-refractivity contribution in [2.45, 2.75) is 0 Å². The minimum Gasteiger partial charge on any atom is -0.457 e. The first-order valence-corrected chi connectivity index (χ1v) is 8.00. The Morgan fingerprint density at radius 1 is 0.920 bits per heavy atom. The van der Waals surface area contributed by atoms with Crippen molar-refractivity contribution < 1.29 is 9.53 Å². The molecule has 0 aromatic heterocycles. The van der Waals surface area contributed by atoms with Crippen LogP contribution in [-0.2, 0) is 0 Å². The lowest BCUT2D eigenvalue weighted by molar-refractivity contribution is 0.0955. The molecule has 0 aliphatic carbocycles. The van der Waals surface area contributed by atoms with Crippen LogP contribution in [0.4, 0.5) is 0 Å². The van der Waals surface area contributed by atoms with Gasteiger partial charge in [-0.05, 0) is 60.2 Å². The summed E-state index contributed by atoms with van der Waals surface area (Å²) in [5.41, 5.74) is 3.76. The van der Waals surface area contributed by atoms with Gasteiger partial charge in [0.15, 0.2) is 0 Å². The molecule has 0 aliphatic heterocycles. The highest BCUT2D eigenvalue weighted by Crippen LogP contribution is 2.20. The predicted molar refractivity (Wildman–Crippen MR) is 99.5 cm³/mol. The Bertz CT molecular complexity index is 878. The number of halogens is 1. The summed E-state index contributed by atoms with van der Waals surface area (Å²) in [5.74, 6) is 1.19. The highest BCUT2D eigenvalue weighted by Gasteiger charge is 2.03. The minimum atomic E-state index is -0.317. The van der Waals surface area contributed by atoms with Crippen molar-refractivity contribution >= 4 is 23.7 Å². The van der Waals surface area contributed by atoms with Crippen LogP contribution >= 0.6 is 11.6 Å². The number of rotatable bonds is 5. The fourth-order valence-corrected chi connectivity index (χ4v) is 2.30. The number of amides is 1. The number of hydrogen-bond donors (Lipinski definition) is 1. The number of nitrogens with zero attached hydrogens (tertiary/aromatic N) is 1. The molecule has 0 bridgehead atoms. The lowest BCUT2D eigenvalue weighted by Crippen LogP contribution is -2.17. The number of hydrazone groups is 1. The van der Waals surface area contributed by atoms with Crippen LogP contribution in [0.15, 0.2) is 84.0 Å². The van der Waals surface area contributed by atoms with Crippen LogP contribution in [-0.4, -0.2) is 12.1 Å². The van der Waals surface area contributed by atoms with Crippen LogP contribution in [0.3, 0.4) is 0 Å². The molecule has 25 heavy (non-hydrogen) atoms. The van der Waals surface area contributed by atoms with Crippen molar-refractivity contribution in [3.8, 4) is 11.5 Å². The van der Waals surface area contributed by atoms with Crippen LogP contribution in [0.5, 0.6) is 11.5 Å². The van der Waals surface area contributed by atoms with Gasteiger partial charge in [-0.25, -0.2) is 5.43 Å². The zero-order chi connectivity index (χ0) is 17.5. The Labute approximate surface area is 150 Å². The predicted octanol–water partition coefficient (Wildman–Crippen LogP) is 4.90. The van der Waals surface area contributed by atoms with Crippen LogP contribution in [0.25, 0.3) is 0 Å². The molecule has 124 valence electrons. The molecule has 0 heterocycles. The van der Waals surface area contributed by atoms with Gasteiger partial charge in [-0.2, -0.15) is 5.10 Å². The fourth-order valence-electron chi connectivity index (χ4n) is 2.11. The summed E-state index contributed by atoms with van der Waals surface area (Å²) in [6.07, 6.45) is 1.56. The third-order valence-corrected chi connectivity index (χ3v) is 3.56. The van der Waals surface area contributed by atoms with Gasteiger partial charge in [-0.1, -0.05) is 35.9 Å². The monoisotopic (exact) mass is 350 g/mol. The second-order valence-electron chi connectivity index (χ2n) is 5.19. The average molecular weight is 351 g/mol. The number of hydrogen-bond acceptors (Lipinski definition) is 3. The van der Waals surface area contributed by atoms with E-state index >= 15 is 0 Å². The summed E-state index contributed by atoms with van der Waals surface area (Å²) in [6.45, 7) is 0. The Morgan fingerprint density at radius 3 is 2.36 bits per heavy atom. The molecule has 1 N–H and O–H groups in total. The molecule has 3 aromatic rings. The third-order valence-electron chi connectivity index (χ3n) is 3.33. The topological polar surface area (TPSA) is 50.7 Å². The van der Waals surface area contributed by atoms with E-state index in [1.54, 1.807) is 30.5 Å². The highest BCUT2D eigenvalue weighted by molar-refractivity contribution is 6.30. The van der Waals surface area contributed by atoms with Gasteiger partial charge in [-0.3, -0.25) is 4.79 Å². The molecule has 1 amide bonds. The molecule has 0 saturated carbocycles. The first-order valence-electron chi connectivity index (χ1n) is 7.63. The maximum absolute atomic E-state index is 11.9. The number of carbonyl (C=O) groups is 1. The van der Waals surface area contributed by atoms with Gasteiger partial charge >= 0.3 is 0 Å². The van der Waals surface area contributed by atoms with Gasteiger partial charge in [0.1, 0.15) is 11.5 Å². The SMILES string of the molecule is O=C(N/N=C/c1ccc(Oc2ccccc2)cc1)c1cccc(Cl)c1. The van der Waals surface area contributed by atoms with E-state index in [1.165, 1.54) is 0 Å². The standard InChI is InChI=1S/C20H15ClN2O2/c21-17-6-4-5-16(13-17)20(24)23-22-14-15-9-11-19(12-10-15)25-18-7-2-1-3-8-18/h1-14H,(H,23,24)/b22-14+. The first-order chi connectivity index (χ1) is 12.2. The normalized spacial score (nSPS) is 10.6. The van der Waals surface area contributed by atoms with Crippen molar-refractivity contribution in [1.82, 2.24) is 5.43 Å². The van der Waals surface area contributed by atoms with Gasteiger partial charge < -0.3 is 4.74 Å². The van der Waals surface area contributed by atoms with Gasteiger partial charge in [0.2, 0.25) is 0 Å². The molecule has 0 atom stereocenters. The van der Waals surface area contributed by atoms with E-state index in [1.807, 2.05) is 54.6 Å². The number of para-hydroxylation sites is 1. The molecule has 5 heteroatoms. The Balaban J connectivity index is 1.57. The van der Waals surface area contributed by atoms with Gasteiger partial charge in [0.05, 0.1) is 6.21 Å². The summed E-state index contributed by atoms with van der Waals surface area (Å²) in [4.78, 5) is 11.9. The summed E-state index contributed by atoms with van der Waals surface area (Å²) < 4.78 is 5.72. The molecule has 3 aromatic carbocycles. The molecule has 3 rings (SSSR count). The molecule has 0 fully saturated rings. The van der Waals surface area contributed by atoms with E-state index in [2.05, 4.69) is 10.5 Å². The van der Waals surface area contributed by atoms with Crippen LogP contribution in [0.2, 0.25) is 5.02 Å². The number of ether oxygens (including phenoxy) is 1. The quantitative estimate of drug-likeness (QED) is 0.525. The highest BCUT2D eigenvalue weighted by atomic mass is 35.5.